The summed E-state index contributed by atoms with van der Waals surface area (Å²) >= 11 is 0. The van der Waals surface area contributed by atoms with Gasteiger partial charge in [-0.1, -0.05) is 12.2 Å². The number of fused-ring (bicyclic) bond motifs is 2. The highest BCUT2D eigenvalue weighted by Crippen LogP contribution is 2.48. The summed E-state index contributed by atoms with van der Waals surface area (Å²) in [6.07, 6.45) is 4.59. The summed E-state index contributed by atoms with van der Waals surface area (Å²) in [4.78, 5) is 36.3. The Morgan fingerprint density at radius 2 is 1.58 bits per heavy atom. The van der Waals surface area contributed by atoms with Crippen molar-refractivity contribution < 1.29 is 19.5 Å². The number of aliphatic carboxylic acids is 1. The number of hydrogen-bond donors (Lipinski definition) is 3. The van der Waals surface area contributed by atoms with Crippen molar-refractivity contribution in [2.24, 2.45) is 23.7 Å². The molecule has 26 heavy (non-hydrogen) atoms. The first-order valence-corrected chi connectivity index (χ1v) is 8.80. The summed E-state index contributed by atoms with van der Waals surface area (Å²) in [6.45, 7) is 5.71. The van der Waals surface area contributed by atoms with Crippen molar-refractivity contribution in [3.05, 3.63) is 42.0 Å². The summed E-state index contributed by atoms with van der Waals surface area (Å²) in [6, 6.07) is 6.61. The van der Waals surface area contributed by atoms with E-state index in [0.717, 1.165) is 6.42 Å². The first-order valence-electron chi connectivity index (χ1n) is 8.80. The van der Waals surface area contributed by atoms with Gasteiger partial charge < -0.3 is 15.7 Å². The van der Waals surface area contributed by atoms with E-state index in [1.54, 1.807) is 24.3 Å². The van der Waals surface area contributed by atoms with Gasteiger partial charge in [0, 0.05) is 16.8 Å². The Morgan fingerprint density at radius 3 is 2.12 bits per heavy atom. The Hall–Kier alpha value is -2.63. The van der Waals surface area contributed by atoms with Crippen molar-refractivity contribution in [3.63, 3.8) is 0 Å². The molecule has 2 amide bonds. The van der Waals surface area contributed by atoms with E-state index in [0.29, 0.717) is 11.3 Å². The molecule has 4 atom stereocenters. The lowest BCUT2D eigenvalue weighted by Crippen LogP contribution is -2.40. The Balaban J connectivity index is 1.68. The van der Waals surface area contributed by atoms with E-state index in [1.165, 1.54) is 0 Å². The standard InChI is InChI=1S/C20H24N2O4/c1-20(2,3)22-17(23)11-6-8-14(9-7-11)21-18(24)15-12-4-5-13(10-12)16(15)19(25)26/h4-9,12-13,15-16H,10H2,1-3H3,(H,21,24)(H,22,23)(H,25,26)/t12-,13-,15-,16-/m0/s1. The quantitative estimate of drug-likeness (QED) is 0.723. The minimum Gasteiger partial charge on any atom is -0.481 e. The van der Waals surface area contributed by atoms with Gasteiger partial charge in [-0.3, -0.25) is 14.4 Å². The number of rotatable bonds is 4. The molecule has 0 unspecified atom stereocenters. The van der Waals surface area contributed by atoms with E-state index in [4.69, 9.17) is 0 Å². The average Bonchev–Trinajstić information content (AvgIpc) is 3.14. The third kappa shape index (κ3) is 3.64. The normalized spacial score (nSPS) is 26.6. The first-order chi connectivity index (χ1) is 12.2. The van der Waals surface area contributed by atoms with Crippen LogP contribution >= 0.6 is 0 Å². The van der Waals surface area contributed by atoms with Gasteiger partial charge in [0.05, 0.1) is 11.8 Å². The summed E-state index contributed by atoms with van der Waals surface area (Å²) < 4.78 is 0. The van der Waals surface area contributed by atoms with Crippen molar-refractivity contribution in [1.29, 1.82) is 0 Å². The molecular formula is C20H24N2O4. The molecule has 0 aromatic heterocycles. The molecule has 0 spiro atoms. The number of allylic oxidation sites excluding steroid dienone is 2. The molecule has 1 fully saturated rings. The number of carbonyl (C=O) groups excluding carboxylic acids is 2. The summed E-state index contributed by atoms with van der Waals surface area (Å²) in [7, 11) is 0. The molecule has 0 heterocycles. The van der Waals surface area contributed by atoms with Crippen LogP contribution in [0.2, 0.25) is 0 Å². The molecule has 0 radical (unpaired) electrons. The lowest BCUT2D eigenvalue weighted by molar-refractivity contribution is -0.146. The number of benzene rings is 1. The summed E-state index contributed by atoms with van der Waals surface area (Å²) in [5.74, 6) is -2.67. The minimum absolute atomic E-state index is 0.0158. The second kappa shape index (κ2) is 6.59. The van der Waals surface area contributed by atoms with Crippen molar-refractivity contribution in [3.8, 4) is 0 Å². The fourth-order valence-electron chi connectivity index (χ4n) is 3.86. The second-order valence-electron chi connectivity index (χ2n) is 8.11. The Bertz CT molecular complexity index is 761. The van der Waals surface area contributed by atoms with Crippen LogP contribution in [0.4, 0.5) is 5.69 Å². The lowest BCUT2D eigenvalue weighted by atomic mass is 9.82. The predicted molar refractivity (Wildman–Crippen MR) is 97.6 cm³/mol. The van der Waals surface area contributed by atoms with E-state index in [2.05, 4.69) is 10.6 Å². The van der Waals surface area contributed by atoms with E-state index >= 15 is 0 Å². The number of nitrogens with one attached hydrogen (secondary N) is 2. The molecule has 138 valence electrons. The molecule has 2 aliphatic carbocycles. The molecule has 6 heteroatoms. The van der Waals surface area contributed by atoms with Crippen molar-refractivity contribution in [1.82, 2.24) is 5.32 Å². The van der Waals surface area contributed by atoms with Gasteiger partial charge in [0.15, 0.2) is 0 Å². The molecule has 0 aliphatic heterocycles. The third-order valence-electron chi connectivity index (χ3n) is 4.95. The van der Waals surface area contributed by atoms with Crippen LogP contribution in [0.1, 0.15) is 37.6 Å². The molecule has 0 saturated heterocycles. The summed E-state index contributed by atoms with van der Waals surface area (Å²) in [5.41, 5.74) is 0.730. The average molecular weight is 356 g/mol. The maximum atomic E-state index is 12.6. The third-order valence-corrected chi connectivity index (χ3v) is 4.95. The van der Waals surface area contributed by atoms with Crippen LogP contribution in [0.3, 0.4) is 0 Å². The predicted octanol–water partition coefficient (Wildman–Crippen LogP) is 2.68. The molecule has 2 bridgehead atoms. The zero-order chi connectivity index (χ0) is 19.1. The fourth-order valence-corrected chi connectivity index (χ4v) is 3.86. The van der Waals surface area contributed by atoms with Gasteiger partial charge in [0.25, 0.3) is 5.91 Å². The number of carboxylic acid groups (broad SMARTS) is 1. The number of hydrogen-bond acceptors (Lipinski definition) is 3. The van der Waals surface area contributed by atoms with E-state index < -0.39 is 17.8 Å². The molecular weight excluding hydrogens is 332 g/mol. The highest BCUT2D eigenvalue weighted by Gasteiger charge is 2.51. The van der Waals surface area contributed by atoms with Crippen LogP contribution in [0.25, 0.3) is 0 Å². The highest BCUT2D eigenvalue weighted by molar-refractivity contribution is 5.98. The van der Waals surface area contributed by atoms with Crippen molar-refractivity contribution in [2.45, 2.75) is 32.7 Å². The van der Waals surface area contributed by atoms with Gasteiger partial charge in [-0.15, -0.1) is 0 Å². The number of amides is 2. The Kier molecular flexibility index (Phi) is 4.61. The van der Waals surface area contributed by atoms with Crippen LogP contribution in [-0.2, 0) is 9.59 Å². The molecule has 1 aromatic carbocycles. The smallest absolute Gasteiger partial charge is 0.307 e. The van der Waals surface area contributed by atoms with Crippen molar-refractivity contribution in [2.75, 3.05) is 5.32 Å². The lowest BCUT2D eigenvalue weighted by Gasteiger charge is -2.24. The fraction of sp³-hybridized carbons (Fsp3) is 0.450. The number of anilines is 1. The van der Waals surface area contributed by atoms with Gasteiger partial charge in [0.2, 0.25) is 5.91 Å². The largest absolute Gasteiger partial charge is 0.481 e. The van der Waals surface area contributed by atoms with E-state index in [1.807, 2.05) is 32.9 Å². The zero-order valence-electron chi connectivity index (χ0n) is 15.2. The first kappa shape index (κ1) is 18.2. The van der Waals surface area contributed by atoms with Crippen LogP contribution in [0.5, 0.6) is 0 Å². The highest BCUT2D eigenvalue weighted by atomic mass is 16.4. The molecule has 6 nitrogen and oxygen atoms in total. The Morgan fingerprint density at radius 1 is 1.00 bits per heavy atom. The Labute approximate surface area is 152 Å². The zero-order valence-corrected chi connectivity index (χ0v) is 15.2. The van der Waals surface area contributed by atoms with E-state index in [9.17, 15) is 19.5 Å². The second-order valence-corrected chi connectivity index (χ2v) is 8.11. The van der Waals surface area contributed by atoms with Crippen LogP contribution in [-0.4, -0.2) is 28.4 Å². The topological polar surface area (TPSA) is 95.5 Å². The molecule has 2 aliphatic rings. The van der Waals surface area contributed by atoms with E-state index in [-0.39, 0.29) is 29.2 Å². The van der Waals surface area contributed by atoms with Gasteiger partial charge in [0.1, 0.15) is 0 Å². The van der Waals surface area contributed by atoms with Crippen molar-refractivity contribution >= 4 is 23.5 Å². The van der Waals surface area contributed by atoms with Crippen LogP contribution in [0.15, 0.2) is 36.4 Å². The van der Waals surface area contributed by atoms with Gasteiger partial charge in [-0.25, -0.2) is 0 Å². The maximum Gasteiger partial charge on any atom is 0.307 e. The maximum absolute atomic E-state index is 12.6. The minimum atomic E-state index is -0.920. The van der Waals surface area contributed by atoms with Gasteiger partial charge in [-0.05, 0) is 63.3 Å². The SMILES string of the molecule is CC(C)(C)NC(=O)c1ccc(NC(=O)[C@@H]2[C@@H](C(=O)O)[C@H]3C=C[C@H]2C3)cc1. The van der Waals surface area contributed by atoms with Crippen LogP contribution in [0, 0.1) is 23.7 Å². The molecule has 1 aromatic rings. The number of carbonyl (C=O) groups is 3. The molecule has 3 N–H and O–H groups in total. The monoisotopic (exact) mass is 356 g/mol. The molecule has 3 rings (SSSR count). The summed E-state index contributed by atoms with van der Waals surface area (Å²) in [5, 5.41) is 15.1. The van der Waals surface area contributed by atoms with Gasteiger partial charge >= 0.3 is 5.97 Å². The van der Waals surface area contributed by atoms with Crippen LogP contribution < -0.4 is 10.6 Å². The van der Waals surface area contributed by atoms with Gasteiger partial charge in [-0.2, -0.15) is 0 Å². The number of carboxylic acids is 1. The molecule has 1 saturated carbocycles.